The normalized spacial score (nSPS) is 27.8. The van der Waals surface area contributed by atoms with Gasteiger partial charge in [-0.2, -0.15) is 11.8 Å². The molecule has 3 nitrogen and oxygen atoms in total. The van der Waals surface area contributed by atoms with E-state index in [4.69, 9.17) is 0 Å². The number of thioether (sulfide) groups is 1. The molecule has 2 fully saturated rings. The number of aliphatic carboxylic acids is 1. The van der Waals surface area contributed by atoms with Gasteiger partial charge in [-0.1, -0.05) is 0 Å². The Bertz CT molecular complexity index is 256. The van der Waals surface area contributed by atoms with Gasteiger partial charge in [0, 0.05) is 6.04 Å². The molecule has 1 N–H and O–H groups in total. The van der Waals surface area contributed by atoms with Gasteiger partial charge < -0.3 is 10.0 Å². The van der Waals surface area contributed by atoms with Crippen molar-refractivity contribution < 1.29 is 9.90 Å². The number of carboxylic acid groups (broad SMARTS) is 1. The molecule has 0 amide bonds. The molecule has 92 valence electrons. The van der Waals surface area contributed by atoms with Gasteiger partial charge in [-0.25, -0.2) is 0 Å². The van der Waals surface area contributed by atoms with Gasteiger partial charge in [0.25, 0.3) is 0 Å². The monoisotopic (exact) mass is 243 g/mol. The fourth-order valence-electron chi connectivity index (χ4n) is 2.65. The lowest BCUT2D eigenvalue weighted by molar-refractivity contribution is -0.151. The van der Waals surface area contributed by atoms with Crippen LogP contribution in [0.5, 0.6) is 0 Å². The highest BCUT2D eigenvalue weighted by atomic mass is 32.2. The van der Waals surface area contributed by atoms with Crippen LogP contribution in [-0.4, -0.2) is 46.6 Å². The lowest BCUT2D eigenvalue weighted by Crippen LogP contribution is -2.47. The largest absolute Gasteiger partial charge is 0.481 e. The minimum Gasteiger partial charge on any atom is -0.481 e. The van der Waals surface area contributed by atoms with E-state index in [2.05, 4.69) is 4.90 Å². The van der Waals surface area contributed by atoms with E-state index in [1.807, 2.05) is 18.7 Å². The van der Waals surface area contributed by atoms with E-state index >= 15 is 0 Å². The fourth-order valence-corrected chi connectivity index (χ4v) is 3.73. The molecule has 2 aliphatic rings. The van der Waals surface area contributed by atoms with Crippen LogP contribution in [0.25, 0.3) is 0 Å². The zero-order chi connectivity index (χ0) is 11.6. The summed E-state index contributed by atoms with van der Waals surface area (Å²) in [6, 6.07) is 0.722. The first-order valence-corrected chi connectivity index (χ1v) is 7.32. The van der Waals surface area contributed by atoms with Crippen LogP contribution in [-0.2, 0) is 4.79 Å². The summed E-state index contributed by atoms with van der Waals surface area (Å²) in [6.07, 6.45) is 4.20. The van der Waals surface area contributed by atoms with Crippen LogP contribution in [0.2, 0.25) is 0 Å². The average molecular weight is 243 g/mol. The Kier molecular flexibility index (Phi) is 3.80. The second-order valence-corrected chi connectivity index (χ2v) is 6.47. The van der Waals surface area contributed by atoms with Crippen molar-refractivity contribution in [3.05, 3.63) is 0 Å². The summed E-state index contributed by atoms with van der Waals surface area (Å²) in [4.78, 5) is 13.7. The molecule has 0 unspecified atom stereocenters. The summed E-state index contributed by atoms with van der Waals surface area (Å²) in [5.41, 5.74) is -0.472. The maximum Gasteiger partial charge on any atom is 0.309 e. The van der Waals surface area contributed by atoms with Gasteiger partial charge in [0.15, 0.2) is 0 Å². The van der Waals surface area contributed by atoms with Crippen molar-refractivity contribution in [3.8, 4) is 0 Å². The zero-order valence-corrected chi connectivity index (χ0v) is 10.8. The SMILES string of the molecule is CC1(C(=O)O)CCN(C2CCSCC2)CC1. The number of hydrogen-bond acceptors (Lipinski definition) is 3. The predicted molar refractivity (Wildman–Crippen MR) is 66.9 cm³/mol. The van der Waals surface area contributed by atoms with Gasteiger partial charge in [0.2, 0.25) is 0 Å². The van der Waals surface area contributed by atoms with Crippen molar-refractivity contribution >= 4 is 17.7 Å². The van der Waals surface area contributed by atoms with Crippen molar-refractivity contribution in [2.45, 2.75) is 38.6 Å². The van der Waals surface area contributed by atoms with Gasteiger partial charge in [-0.05, 0) is 57.2 Å². The Labute approximate surface area is 102 Å². The zero-order valence-electron chi connectivity index (χ0n) is 9.95. The van der Waals surface area contributed by atoms with Crippen LogP contribution in [0.4, 0.5) is 0 Å². The van der Waals surface area contributed by atoms with E-state index in [0.717, 1.165) is 32.0 Å². The lowest BCUT2D eigenvalue weighted by atomic mass is 9.80. The van der Waals surface area contributed by atoms with Crippen LogP contribution in [0.1, 0.15) is 32.6 Å². The highest BCUT2D eigenvalue weighted by Gasteiger charge is 2.38. The smallest absolute Gasteiger partial charge is 0.309 e. The Balaban J connectivity index is 1.87. The third-order valence-corrected chi connectivity index (χ3v) is 5.17. The summed E-state index contributed by atoms with van der Waals surface area (Å²) in [6.45, 7) is 3.83. The van der Waals surface area contributed by atoms with Crippen LogP contribution in [0.15, 0.2) is 0 Å². The number of carbonyl (C=O) groups is 1. The molecule has 0 atom stereocenters. The van der Waals surface area contributed by atoms with Gasteiger partial charge >= 0.3 is 5.97 Å². The summed E-state index contributed by atoms with van der Waals surface area (Å²) in [5, 5.41) is 9.17. The molecule has 2 aliphatic heterocycles. The van der Waals surface area contributed by atoms with Gasteiger partial charge in [0.1, 0.15) is 0 Å². The van der Waals surface area contributed by atoms with Crippen molar-refractivity contribution in [3.63, 3.8) is 0 Å². The van der Waals surface area contributed by atoms with Crippen LogP contribution < -0.4 is 0 Å². The van der Waals surface area contributed by atoms with Gasteiger partial charge in [-0.15, -0.1) is 0 Å². The highest BCUT2D eigenvalue weighted by molar-refractivity contribution is 7.99. The summed E-state index contributed by atoms with van der Waals surface area (Å²) < 4.78 is 0. The molecule has 0 aliphatic carbocycles. The van der Waals surface area contributed by atoms with E-state index in [0.29, 0.717) is 0 Å². The lowest BCUT2D eigenvalue weighted by Gasteiger charge is -2.41. The summed E-state index contributed by atoms with van der Waals surface area (Å²) in [5.74, 6) is 1.93. The third kappa shape index (κ3) is 2.54. The predicted octanol–water partition coefficient (Wildman–Crippen LogP) is 2.07. The molecule has 0 radical (unpaired) electrons. The van der Waals surface area contributed by atoms with Crippen LogP contribution in [0, 0.1) is 5.41 Å². The number of likely N-dealkylation sites (tertiary alicyclic amines) is 1. The number of carboxylic acids is 1. The molecule has 0 bridgehead atoms. The first kappa shape index (κ1) is 12.2. The molecular weight excluding hydrogens is 222 g/mol. The van der Waals surface area contributed by atoms with Crippen LogP contribution >= 0.6 is 11.8 Å². The highest BCUT2D eigenvalue weighted by Crippen LogP contribution is 2.33. The molecule has 4 heteroatoms. The maximum absolute atomic E-state index is 11.1. The Morgan fingerprint density at radius 3 is 2.38 bits per heavy atom. The average Bonchev–Trinajstić information content (AvgIpc) is 2.31. The number of hydrogen-bond donors (Lipinski definition) is 1. The molecule has 0 aromatic carbocycles. The molecule has 0 spiro atoms. The molecular formula is C12H21NO2S. The van der Waals surface area contributed by atoms with Gasteiger partial charge in [-0.3, -0.25) is 4.79 Å². The van der Waals surface area contributed by atoms with Crippen molar-refractivity contribution in [2.75, 3.05) is 24.6 Å². The van der Waals surface area contributed by atoms with E-state index in [-0.39, 0.29) is 0 Å². The quantitative estimate of drug-likeness (QED) is 0.806. The molecule has 16 heavy (non-hydrogen) atoms. The molecule has 2 rings (SSSR count). The first-order valence-electron chi connectivity index (χ1n) is 6.17. The van der Waals surface area contributed by atoms with Crippen molar-refractivity contribution in [2.24, 2.45) is 5.41 Å². The topological polar surface area (TPSA) is 40.5 Å². The maximum atomic E-state index is 11.1. The third-order valence-electron chi connectivity index (χ3n) is 4.13. The second kappa shape index (κ2) is 4.96. The molecule has 2 saturated heterocycles. The van der Waals surface area contributed by atoms with E-state index in [9.17, 15) is 9.90 Å². The van der Waals surface area contributed by atoms with Crippen LogP contribution in [0.3, 0.4) is 0 Å². The Morgan fingerprint density at radius 1 is 1.31 bits per heavy atom. The van der Waals surface area contributed by atoms with E-state index < -0.39 is 11.4 Å². The second-order valence-electron chi connectivity index (χ2n) is 5.25. The summed E-state index contributed by atoms with van der Waals surface area (Å²) >= 11 is 2.05. The van der Waals surface area contributed by atoms with Crippen molar-refractivity contribution in [1.29, 1.82) is 0 Å². The molecule has 0 saturated carbocycles. The molecule has 0 aromatic heterocycles. The van der Waals surface area contributed by atoms with E-state index in [1.165, 1.54) is 24.3 Å². The van der Waals surface area contributed by atoms with Crippen molar-refractivity contribution in [1.82, 2.24) is 4.90 Å². The Hall–Kier alpha value is -0.220. The van der Waals surface area contributed by atoms with Gasteiger partial charge in [0.05, 0.1) is 5.41 Å². The Morgan fingerprint density at radius 2 is 1.88 bits per heavy atom. The number of piperidine rings is 1. The fraction of sp³-hybridized carbons (Fsp3) is 0.917. The summed E-state index contributed by atoms with van der Waals surface area (Å²) in [7, 11) is 0. The molecule has 2 heterocycles. The standard InChI is InChI=1S/C12H21NO2S/c1-12(11(14)15)4-6-13(7-5-12)10-2-8-16-9-3-10/h10H,2-9H2,1H3,(H,14,15). The number of rotatable bonds is 2. The molecule has 0 aromatic rings. The number of nitrogens with zero attached hydrogens (tertiary/aromatic N) is 1. The van der Waals surface area contributed by atoms with E-state index in [1.54, 1.807) is 0 Å². The minimum absolute atomic E-state index is 0.472. The minimum atomic E-state index is -0.619. The first-order chi connectivity index (χ1) is 7.62.